The van der Waals surface area contributed by atoms with Gasteiger partial charge in [0.05, 0.1) is 12.7 Å². The lowest BCUT2D eigenvalue weighted by Crippen LogP contribution is -2.54. The van der Waals surface area contributed by atoms with E-state index >= 15 is 0 Å². The first-order chi connectivity index (χ1) is 7.07. The summed E-state index contributed by atoms with van der Waals surface area (Å²) in [6, 6.07) is 0. The van der Waals surface area contributed by atoms with Crippen molar-refractivity contribution >= 4 is 0 Å². The van der Waals surface area contributed by atoms with E-state index in [1.165, 1.54) is 0 Å². The van der Waals surface area contributed by atoms with E-state index in [1.807, 2.05) is 6.92 Å². The fourth-order valence-corrected chi connectivity index (χ4v) is 1.94. The zero-order valence-electron chi connectivity index (χ0n) is 9.86. The lowest BCUT2D eigenvalue weighted by atomic mass is 9.82. The maximum atomic E-state index is 6.14. The minimum absolute atomic E-state index is 0.0313. The van der Waals surface area contributed by atoms with E-state index in [0.29, 0.717) is 13.0 Å². The topological polar surface area (TPSA) is 36.9 Å². The van der Waals surface area contributed by atoms with Crippen molar-refractivity contribution in [2.45, 2.75) is 31.3 Å². The van der Waals surface area contributed by atoms with Crippen LogP contribution >= 0.6 is 0 Å². The molecule has 1 fully saturated rings. The summed E-state index contributed by atoms with van der Waals surface area (Å²) in [6.45, 7) is 8.46. The fourth-order valence-electron chi connectivity index (χ4n) is 1.94. The third-order valence-electron chi connectivity index (χ3n) is 3.04. The molecular formula is C11H20O4. The van der Waals surface area contributed by atoms with Gasteiger partial charge in [0.2, 0.25) is 0 Å². The molecule has 15 heavy (non-hydrogen) atoms. The van der Waals surface area contributed by atoms with Gasteiger partial charge in [0.25, 0.3) is 0 Å². The second-order valence-corrected chi connectivity index (χ2v) is 3.97. The summed E-state index contributed by atoms with van der Waals surface area (Å²) < 4.78 is 21.3. The summed E-state index contributed by atoms with van der Waals surface area (Å²) in [4.78, 5) is 0. The molecule has 1 saturated heterocycles. The van der Waals surface area contributed by atoms with Gasteiger partial charge in [-0.25, -0.2) is 0 Å². The Hall–Kier alpha value is -0.160. The molecule has 1 aliphatic rings. The van der Waals surface area contributed by atoms with Crippen LogP contribution in [0.2, 0.25) is 0 Å². The van der Waals surface area contributed by atoms with Crippen molar-refractivity contribution in [2.75, 3.05) is 27.9 Å². The lowest BCUT2D eigenvalue weighted by molar-refractivity contribution is -0.267. The molecule has 4 heteroatoms. The first kappa shape index (κ1) is 12.9. The van der Waals surface area contributed by atoms with Gasteiger partial charge in [-0.3, -0.25) is 0 Å². The van der Waals surface area contributed by atoms with Crippen molar-refractivity contribution in [1.82, 2.24) is 0 Å². The van der Waals surface area contributed by atoms with E-state index in [1.54, 1.807) is 21.3 Å². The van der Waals surface area contributed by atoms with Crippen molar-refractivity contribution < 1.29 is 18.9 Å². The number of hydrogen-bond acceptors (Lipinski definition) is 4. The van der Waals surface area contributed by atoms with Gasteiger partial charge in [0, 0.05) is 40.6 Å². The minimum atomic E-state index is -0.839. The van der Waals surface area contributed by atoms with Crippen molar-refractivity contribution in [1.29, 1.82) is 0 Å². The van der Waals surface area contributed by atoms with Crippen LogP contribution < -0.4 is 0 Å². The summed E-state index contributed by atoms with van der Waals surface area (Å²) in [5.41, 5.74) is -0.839. The Bertz CT molecular complexity index is 197. The van der Waals surface area contributed by atoms with Crippen LogP contribution in [0.15, 0.2) is 0 Å². The highest BCUT2D eigenvalue weighted by molar-refractivity contribution is 4.96. The van der Waals surface area contributed by atoms with Gasteiger partial charge in [0.1, 0.15) is 5.60 Å². The highest BCUT2D eigenvalue weighted by Gasteiger charge is 2.45. The van der Waals surface area contributed by atoms with Gasteiger partial charge in [-0.05, 0) is 0 Å². The van der Waals surface area contributed by atoms with Crippen LogP contribution in [0.1, 0.15) is 13.3 Å². The Balaban J connectivity index is 2.75. The van der Waals surface area contributed by atoms with E-state index < -0.39 is 5.60 Å². The molecule has 0 N–H and O–H groups in total. The van der Waals surface area contributed by atoms with Crippen molar-refractivity contribution in [3.63, 3.8) is 0 Å². The van der Waals surface area contributed by atoms with Gasteiger partial charge in [-0.2, -0.15) is 0 Å². The number of methoxy groups -OCH3 is 3. The second-order valence-electron chi connectivity index (χ2n) is 3.97. The smallest absolute Gasteiger partial charge is 0.160 e. The molecular weight excluding hydrogens is 196 g/mol. The monoisotopic (exact) mass is 216 g/mol. The second kappa shape index (κ2) is 5.25. The summed E-state index contributed by atoms with van der Waals surface area (Å²) in [5.74, 6) is 0.0637. The normalized spacial score (nSPS) is 41.8. The molecule has 1 aliphatic heterocycles. The van der Waals surface area contributed by atoms with Crippen molar-refractivity contribution in [3.05, 3.63) is 6.92 Å². The van der Waals surface area contributed by atoms with E-state index in [2.05, 4.69) is 0 Å². The fraction of sp³-hybridized carbons (Fsp3) is 0.909. The molecule has 0 aliphatic carbocycles. The third kappa shape index (κ3) is 2.69. The molecule has 0 bridgehead atoms. The number of rotatable bonds is 4. The quantitative estimate of drug-likeness (QED) is 0.706. The molecule has 2 radical (unpaired) electrons. The minimum Gasteiger partial charge on any atom is -0.382 e. The lowest BCUT2D eigenvalue weighted by Gasteiger charge is -2.45. The average Bonchev–Trinajstić information content (AvgIpc) is 2.22. The average molecular weight is 216 g/mol. The van der Waals surface area contributed by atoms with Crippen LogP contribution in [-0.2, 0) is 18.9 Å². The SMILES string of the molecule is [CH]C1(COC)OC(OC)CC(OC)C1C. The van der Waals surface area contributed by atoms with Crippen molar-refractivity contribution in [3.8, 4) is 0 Å². The standard InChI is InChI=1S/C11H20O4/c1-8-9(13-4)6-10(14-5)15-11(8,2)7-12-3/h2,8-10H,6-7H2,1,3-5H3. The molecule has 1 heterocycles. The van der Waals surface area contributed by atoms with Gasteiger partial charge in [0.15, 0.2) is 6.29 Å². The summed E-state index contributed by atoms with van der Waals surface area (Å²) in [5, 5.41) is 0. The predicted octanol–water partition coefficient (Wildman–Crippen LogP) is 1.13. The Labute approximate surface area is 91.8 Å². The molecule has 4 unspecified atom stereocenters. The molecule has 0 spiro atoms. The molecule has 4 nitrogen and oxygen atoms in total. The largest absolute Gasteiger partial charge is 0.382 e. The molecule has 0 amide bonds. The van der Waals surface area contributed by atoms with E-state index in [9.17, 15) is 0 Å². The van der Waals surface area contributed by atoms with Crippen LogP contribution in [0.25, 0.3) is 0 Å². The van der Waals surface area contributed by atoms with Gasteiger partial charge in [-0.1, -0.05) is 6.92 Å². The van der Waals surface area contributed by atoms with Crippen LogP contribution in [0.4, 0.5) is 0 Å². The highest BCUT2D eigenvalue weighted by Crippen LogP contribution is 2.35. The Kier molecular flexibility index (Phi) is 4.52. The Morgan fingerprint density at radius 1 is 1.33 bits per heavy atom. The summed E-state index contributed by atoms with van der Waals surface area (Å²) in [6.07, 6.45) is 0.395. The Morgan fingerprint density at radius 3 is 2.47 bits per heavy atom. The van der Waals surface area contributed by atoms with Crippen molar-refractivity contribution in [2.24, 2.45) is 5.92 Å². The molecule has 0 aromatic heterocycles. The molecule has 0 saturated carbocycles. The number of ether oxygens (including phenoxy) is 4. The maximum absolute atomic E-state index is 6.14. The summed E-state index contributed by atoms with van der Waals surface area (Å²) in [7, 11) is 4.87. The molecule has 1 rings (SSSR count). The van der Waals surface area contributed by atoms with Gasteiger partial charge in [-0.15, -0.1) is 0 Å². The Morgan fingerprint density at radius 2 is 2.00 bits per heavy atom. The van der Waals surface area contributed by atoms with E-state index in [4.69, 9.17) is 25.9 Å². The molecule has 0 aromatic rings. The maximum Gasteiger partial charge on any atom is 0.160 e. The first-order valence-electron chi connectivity index (χ1n) is 5.08. The van der Waals surface area contributed by atoms with Gasteiger partial charge >= 0.3 is 0 Å². The number of hydrogen-bond donors (Lipinski definition) is 0. The zero-order valence-corrected chi connectivity index (χ0v) is 9.86. The highest BCUT2D eigenvalue weighted by atomic mass is 16.7. The van der Waals surface area contributed by atoms with Gasteiger partial charge < -0.3 is 18.9 Å². The molecule has 88 valence electrons. The first-order valence-corrected chi connectivity index (χ1v) is 5.08. The van der Waals surface area contributed by atoms with Crippen LogP contribution in [-0.4, -0.2) is 45.9 Å². The molecule has 4 atom stereocenters. The summed E-state index contributed by atoms with van der Waals surface area (Å²) >= 11 is 0. The zero-order chi connectivity index (χ0) is 11.5. The van der Waals surface area contributed by atoms with E-state index in [-0.39, 0.29) is 18.3 Å². The molecule has 0 aromatic carbocycles. The third-order valence-corrected chi connectivity index (χ3v) is 3.04. The van der Waals surface area contributed by atoms with Crippen LogP contribution in [0.5, 0.6) is 0 Å². The van der Waals surface area contributed by atoms with Crippen LogP contribution in [0, 0.1) is 12.8 Å². The van der Waals surface area contributed by atoms with E-state index in [0.717, 1.165) is 0 Å². The predicted molar refractivity (Wildman–Crippen MR) is 55.4 cm³/mol. The van der Waals surface area contributed by atoms with Crippen LogP contribution in [0.3, 0.4) is 0 Å².